The maximum Gasteiger partial charge on any atom is 0.160 e. The van der Waals surface area contributed by atoms with E-state index in [1.807, 2.05) is 18.2 Å². The predicted molar refractivity (Wildman–Crippen MR) is 109 cm³/mol. The summed E-state index contributed by atoms with van der Waals surface area (Å²) in [6.45, 7) is 5.19. The highest BCUT2D eigenvalue weighted by atomic mass is 32.1. The summed E-state index contributed by atoms with van der Waals surface area (Å²) in [5, 5.41) is 0.773. The fourth-order valence-electron chi connectivity index (χ4n) is 3.12. The number of benzene rings is 1. The molecule has 136 valence electrons. The minimum atomic E-state index is 0.607. The maximum absolute atomic E-state index is 5.71. The van der Waals surface area contributed by atoms with Gasteiger partial charge in [-0.15, -0.1) is 0 Å². The summed E-state index contributed by atoms with van der Waals surface area (Å²) in [5.41, 5.74) is 1.19. The van der Waals surface area contributed by atoms with E-state index in [0.29, 0.717) is 6.61 Å². The molecule has 1 aromatic rings. The third-order valence-electron chi connectivity index (χ3n) is 4.67. The Morgan fingerprint density at radius 1 is 0.875 bits per heavy atom. The van der Waals surface area contributed by atoms with E-state index in [4.69, 9.17) is 17.0 Å². The van der Waals surface area contributed by atoms with Crippen molar-refractivity contribution in [1.29, 1.82) is 0 Å². The standard InChI is InChI=1S/C22H36OS/c1-3-5-8-14-20(13-6-4-2)15-11-12-18-22(24)23-19-21-16-9-7-10-17-21/h7,9-10,16-17,20H,3-6,8,11-15,18-19H2,1-2H3. The molecule has 1 unspecified atom stereocenters. The highest BCUT2D eigenvalue weighted by molar-refractivity contribution is 7.80. The summed E-state index contributed by atoms with van der Waals surface area (Å²) in [5.74, 6) is 0.926. The molecule has 0 spiro atoms. The lowest BCUT2D eigenvalue weighted by molar-refractivity contribution is 0.290. The lowest BCUT2D eigenvalue weighted by Gasteiger charge is -2.16. The first-order chi connectivity index (χ1) is 11.8. The van der Waals surface area contributed by atoms with Gasteiger partial charge >= 0.3 is 0 Å². The number of rotatable bonds is 14. The van der Waals surface area contributed by atoms with Gasteiger partial charge in [0.05, 0.1) is 0 Å². The van der Waals surface area contributed by atoms with E-state index >= 15 is 0 Å². The first kappa shape index (κ1) is 21.2. The second-order valence-electron chi connectivity index (χ2n) is 6.90. The molecule has 0 heterocycles. The Kier molecular flexibility index (Phi) is 12.7. The molecule has 0 aliphatic carbocycles. The summed E-state index contributed by atoms with van der Waals surface area (Å²) < 4.78 is 5.71. The van der Waals surface area contributed by atoms with Gasteiger partial charge in [0.25, 0.3) is 0 Å². The Balaban J connectivity index is 2.13. The van der Waals surface area contributed by atoms with E-state index in [9.17, 15) is 0 Å². The number of hydrogen-bond acceptors (Lipinski definition) is 2. The van der Waals surface area contributed by atoms with Crippen molar-refractivity contribution in [3.05, 3.63) is 35.9 Å². The van der Waals surface area contributed by atoms with E-state index in [0.717, 1.165) is 17.4 Å². The Hall–Kier alpha value is -0.890. The molecule has 24 heavy (non-hydrogen) atoms. The highest BCUT2D eigenvalue weighted by Gasteiger charge is 2.08. The normalized spacial score (nSPS) is 12.1. The molecule has 1 nitrogen and oxygen atoms in total. The van der Waals surface area contributed by atoms with Gasteiger partial charge in [-0.05, 0) is 30.1 Å². The van der Waals surface area contributed by atoms with Crippen LogP contribution in [0.25, 0.3) is 0 Å². The van der Waals surface area contributed by atoms with Crippen LogP contribution in [-0.2, 0) is 11.3 Å². The van der Waals surface area contributed by atoms with Gasteiger partial charge in [0.15, 0.2) is 5.05 Å². The molecule has 0 amide bonds. The third-order valence-corrected chi connectivity index (χ3v) is 4.99. The number of thiocarbonyl (C=S) groups is 1. The average Bonchev–Trinajstić information content (AvgIpc) is 2.62. The van der Waals surface area contributed by atoms with Crippen LogP contribution in [0.3, 0.4) is 0 Å². The number of ether oxygens (including phenoxy) is 1. The number of hydrogen-bond donors (Lipinski definition) is 0. The van der Waals surface area contributed by atoms with Crippen LogP contribution in [0, 0.1) is 5.92 Å². The maximum atomic E-state index is 5.71. The van der Waals surface area contributed by atoms with Crippen LogP contribution in [0.1, 0.15) is 90.0 Å². The molecule has 0 N–H and O–H groups in total. The Labute approximate surface area is 155 Å². The minimum Gasteiger partial charge on any atom is -0.482 e. The second kappa shape index (κ2) is 14.5. The van der Waals surface area contributed by atoms with Crippen LogP contribution in [0.15, 0.2) is 30.3 Å². The minimum absolute atomic E-state index is 0.607. The van der Waals surface area contributed by atoms with Crippen molar-refractivity contribution in [3.63, 3.8) is 0 Å². The van der Waals surface area contributed by atoms with Crippen molar-refractivity contribution in [2.75, 3.05) is 0 Å². The highest BCUT2D eigenvalue weighted by Crippen LogP contribution is 2.23. The van der Waals surface area contributed by atoms with Crippen LogP contribution in [0.2, 0.25) is 0 Å². The van der Waals surface area contributed by atoms with Crippen molar-refractivity contribution in [2.45, 2.75) is 91.1 Å². The average molecular weight is 349 g/mol. The molecular formula is C22H36OS. The summed E-state index contributed by atoms with van der Waals surface area (Å²) >= 11 is 5.37. The molecule has 0 saturated heterocycles. The zero-order valence-corrected chi connectivity index (χ0v) is 16.6. The van der Waals surface area contributed by atoms with Crippen molar-refractivity contribution in [2.24, 2.45) is 5.92 Å². The van der Waals surface area contributed by atoms with E-state index < -0.39 is 0 Å². The van der Waals surface area contributed by atoms with Crippen LogP contribution >= 0.6 is 12.2 Å². The molecule has 0 fully saturated rings. The third kappa shape index (κ3) is 10.8. The lowest BCUT2D eigenvalue weighted by atomic mass is 9.90. The Morgan fingerprint density at radius 3 is 2.17 bits per heavy atom. The van der Waals surface area contributed by atoms with E-state index in [1.165, 1.54) is 69.8 Å². The second-order valence-corrected chi connectivity index (χ2v) is 7.35. The molecule has 2 heteroatoms. The van der Waals surface area contributed by atoms with Gasteiger partial charge in [-0.1, -0.05) is 102 Å². The molecule has 1 rings (SSSR count). The summed E-state index contributed by atoms with van der Waals surface area (Å²) in [6, 6.07) is 10.3. The van der Waals surface area contributed by atoms with Crippen molar-refractivity contribution in [3.8, 4) is 0 Å². The molecule has 0 radical (unpaired) electrons. The molecule has 1 atom stereocenters. The van der Waals surface area contributed by atoms with E-state index in [2.05, 4.69) is 26.0 Å². The van der Waals surface area contributed by atoms with Gasteiger partial charge in [-0.3, -0.25) is 0 Å². The molecule has 0 aliphatic rings. The van der Waals surface area contributed by atoms with Crippen molar-refractivity contribution < 1.29 is 4.74 Å². The van der Waals surface area contributed by atoms with E-state index in [-0.39, 0.29) is 0 Å². The molecule has 0 bridgehead atoms. The number of unbranched alkanes of at least 4 members (excludes halogenated alkanes) is 4. The monoisotopic (exact) mass is 348 g/mol. The van der Waals surface area contributed by atoms with Gasteiger partial charge in [0, 0.05) is 6.42 Å². The van der Waals surface area contributed by atoms with Crippen molar-refractivity contribution in [1.82, 2.24) is 0 Å². The SMILES string of the molecule is CCCCCC(CCCC)CCCCC(=S)OCc1ccccc1. The van der Waals surface area contributed by atoms with Crippen LogP contribution in [-0.4, -0.2) is 5.05 Å². The first-order valence-corrected chi connectivity index (χ1v) is 10.4. The van der Waals surface area contributed by atoms with Crippen LogP contribution < -0.4 is 0 Å². The van der Waals surface area contributed by atoms with Gasteiger partial charge in [-0.25, -0.2) is 0 Å². The fraction of sp³-hybridized carbons (Fsp3) is 0.682. The topological polar surface area (TPSA) is 9.23 Å². The summed E-state index contributed by atoms with van der Waals surface area (Å²) in [7, 11) is 0. The summed E-state index contributed by atoms with van der Waals surface area (Å²) in [6.07, 6.45) is 14.4. The zero-order chi connectivity index (χ0) is 17.5. The molecule has 0 aromatic heterocycles. The largest absolute Gasteiger partial charge is 0.482 e. The zero-order valence-electron chi connectivity index (χ0n) is 15.8. The molecule has 1 aromatic carbocycles. The predicted octanol–water partition coefficient (Wildman–Crippen LogP) is 7.48. The Morgan fingerprint density at radius 2 is 1.50 bits per heavy atom. The quantitative estimate of drug-likeness (QED) is 0.254. The van der Waals surface area contributed by atoms with Gasteiger partial charge in [-0.2, -0.15) is 0 Å². The van der Waals surface area contributed by atoms with Gasteiger partial charge in [0.2, 0.25) is 0 Å². The van der Waals surface area contributed by atoms with Crippen molar-refractivity contribution >= 4 is 17.3 Å². The molecule has 0 saturated carbocycles. The smallest absolute Gasteiger partial charge is 0.160 e. The Bertz CT molecular complexity index is 415. The lowest BCUT2D eigenvalue weighted by Crippen LogP contribution is -2.04. The first-order valence-electron chi connectivity index (χ1n) is 9.95. The fourth-order valence-corrected chi connectivity index (χ4v) is 3.32. The van der Waals surface area contributed by atoms with Crippen LogP contribution in [0.5, 0.6) is 0 Å². The van der Waals surface area contributed by atoms with Gasteiger partial charge < -0.3 is 4.74 Å². The summed E-state index contributed by atoms with van der Waals surface area (Å²) in [4.78, 5) is 0. The molecular weight excluding hydrogens is 312 g/mol. The van der Waals surface area contributed by atoms with Gasteiger partial charge in [0.1, 0.15) is 6.61 Å². The van der Waals surface area contributed by atoms with E-state index in [1.54, 1.807) is 0 Å². The van der Waals surface area contributed by atoms with Crippen LogP contribution in [0.4, 0.5) is 0 Å². The molecule has 0 aliphatic heterocycles.